The van der Waals surface area contributed by atoms with Crippen LogP contribution in [-0.2, 0) is 6.42 Å². The number of aromatic nitrogens is 1. The third-order valence-electron chi connectivity index (χ3n) is 5.79. The van der Waals surface area contributed by atoms with Gasteiger partial charge >= 0.3 is 6.03 Å². The van der Waals surface area contributed by atoms with Gasteiger partial charge < -0.3 is 19.5 Å². The topological polar surface area (TPSA) is 67.6 Å². The van der Waals surface area contributed by atoms with Gasteiger partial charge in [-0.1, -0.05) is 66.2 Å². The van der Waals surface area contributed by atoms with E-state index in [1.807, 2.05) is 35.2 Å². The van der Waals surface area contributed by atoms with Crippen LogP contribution >= 0.6 is 0 Å². The Balaban J connectivity index is 1.32. The fraction of sp³-hybridized carbons (Fsp3) is 0.308. The van der Waals surface area contributed by atoms with E-state index < -0.39 is 0 Å². The molecule has 3 aromatic rings. The summed E-state index contributed by atoms with van der Waals surface area (Å²) in [5.41, 5.74) is 4.36. The van der Waals surface area contributed by atoms with Gasteiger partial charge in [-0.3, -0.25) is 0 Å². The van der Waals surface area contributed by atoms with Crippen molar-refractivity contribution in [2.24, 2.45) is 5.92 Å². The van der Waals surface area contributed by atoms with Crippen LogP contribution in [-0.4, -0.2) is 35.8 Å². The maximum Gasteiger partial charge on any atom is 0.322 e. The summed E-state index contributed by atoms with van der Waals surface area (Å²) in [5, 5.41) is 6.59. The quantitative estimate of drug-likeness (QED) is 0.555. The Morgan fingerprint density at radius 3 is 2.84 bits per heavy atom. The van der Waals surface area contributed by atoms with Crippen LogP contribution in [0.4, 0.5) is 10.5 Å². The number of urea groups is 1. The fourth-order valence-corrected chi connectivity index (χ4v) is 3.90. The lowest BCUT2D eigenvalue weighted by molar-refractivity contribution is 0.197. The second-order valence-electron chi connectivity index (χ2n) is 8.20. The Labute approximate surface area is 188 Å². The van der Waals surface area contributed by atoms with Crippen molar-refractivity contribution in [2.75, 3.05) is 25.0 Å². The van der Waals surface area contributed by atoms with Gasteiger partial charge in [-0.2, -0.15) is 0 Å². The van der Waals surface area contributed by atoms with Gasteiger partial charge in [0.25, 0.3) is 0 Å². The smallest absolute Gasteiger partial charge is 0.322 e. The van der Waals surface area contributed by atoms with Gasteiger partial charge in [0.2, 0.25) is 0 Å². The van der Waals surface area contributed by atoms with Crippen molar-refractivity contribution < 1.29 is 14.1 Å². The van der Waals surface area contributed by atoms with E-state index in [9.17, 15) is 4.79 Å². The molecule has 0 aliphatic carbocycles. The molecule has 1 fully saturated rings. The van der Waals surface area contributed by atoms with Gasteiger partial charge in [0.1, 0.15) is 11.4 Å². The lowest BCUT2D eigenvalue weighted by Gasteiger charge is -2.33. The lowest BCUT2D eigenvalue weighted by atomic mass is 9.91. The monoisotopic (exact) mass is 431 g/mol. The highest BCUT2D eigenvalue weighted by Crippen LogP contribution is 2.27. The number of benzene rings is 2. The number of aryl methyl sites for hydroxylation is 1. The largest absolute Gasteiger partial charge is 0.493 e. The van der Waals surface area contributed by atoms with Crippen LogP contribution in [0.3, 0.4) is 0 Å². The molecule has 2 aromatic carbocycles. The van der Waals surface area contributed by atoms with Gasteiger partial charge in [0, 0.05) is 19.5 Å². The predicted molar refractivity (Wildman–Crippen MR) is 126 cm³/mol. The summed E-state index contributed by atoms with van der Waals surface area (Å²) < 4.78 is 11.0. The van der Waals surface area contributed by atoms with Gasteiger partial charge in [-0.15, -0.1) is 0 Å². The van der Waals surface area contributed by atoms with E-state index in [-0.39, 0.29) is 11.9 Å². The van der Waals surface area contributed by atoms with Crippen molar-refractivity contribution in [3.05, 3.63) is 83.3 Å². The first-order chi connectivity index (χ1) is 15.6. The second-order valence-corrected chi connectivity index (χ2v) is 8.20. The molecule has 6 nitrogen and oxygen atoms in total. The molecule has 166 valence electrons. The molecular weight excluding hydrogens is 402 g/mol. The summed E-state index contributed by atoms with van der Waals surface area (Å²) in [6.45, 7) is 5.95. The van der Waals surface area contributed by atoms with Crippen LogP contribution in [0.25, 0.3) is 6.08 Å². The lowest BCUT2D eigenvalue weighted by Crippen LogP contribution is -2.42. The average Bonchev–Trinajstić information content (AvgIpc) is 3.20. The van der Waals surface area contributed by atoms with Crippen LogP contribution in [0.1, 0.15) is 30.2 Å². The number of amides is 2. The molecule has 0 saturated carbocycles. The predicted octanol–water partition coefficient (Wildman–Crippen LogP) is 5.56. The number of hydrogen-bond donors (Lipinski definition) is 1. The molecule has 32 heavy (non-hydrogen) atoms. The van der Waals surface area contributed by atoms with E-state index in [1.54, 1.807) is 6.92 Å². The number of likely N-dealkylation sites (tertiary alicyclic amines) is 1. The summed E-state index contributed by atoms with van der Waals surface area (Å²) in [6.07, 6.45) is 5.49. The Bertz CT molecular complexity index is 1070. The summed E-state index contributed by atoms with van der Waals surface area (Å²) >= 11 is 0. The number of carbonyl (C=O) groups excluding carboxylic acids is 1. The molecule has 1 saturated heterocycles. The first-order valence-electron chi connectivity index (χ1n) is 11.0. The molecule has 1 aliphatic heterocycles. The molecule has 2 heterocycles. The number of carbonyl (C=O) groups is 1. The zero-order valence-corrected chi connectivity index (χ0v) is 18.6. The van der Waals surface area contributed by atoms with Crippen LogP contribution < -0.4 is 10.1 Å². The Hall–Kier alpha value is -3.54. The molecule has 1 aromatic heterocycles. The highest BCUT2D eigenvalue weighted by molar-refractivity contribution is 5.89. The number of nitrogens with one attached hydrogen (secondary N) is 1. The summed E-state index contributed by atoms with van der Waals surface area (Å²) in [7, 11) is 0. The van der Waals surface area contributed by atoms with Gasteiger partial charge in [0.15, 0.2) is 5.76 Å². The molecule has 0 bridgehead atoms. The van der Waals surface area contributed by atoms with Gasteiger partial charge in [-0.05, 0) is 42.5 Å². The molecule has 6 heteroatoms. The number of ether oxygens (including phenoxy) is 1. The fourth-order valence-electron chi connectivity index (χ4n) is 3.90. The molecule has 0 radical (unpaired) electrons. The molecule has 1 atom stereocenters. The summed E-state index contributed by atoms with van der Waals surface area (Å²) in [6, 6.07) is 18.4. The van der Waals surface area contributed by atoms with Crippen LogP contribution in [0.5, 0.6) is 5.75 Å². The minimum Gasteiger partial charge on any atom is -0.493 e. The van der Waals surface area contributed by atoms with Crippen molar-refractivity contribution in [3.63, 3.8) is 0 Å². The summed E-state index contributed by atoms with van der Waals surface area (Å²) in [4.78, 5) is 14.4. The molecule has 1 unspecified atom stereocenters. The second kappa shape index (κ2) is 10.2. The third kappa shape index (κ3) is 5.58. The van der Waals surface area contributed by atoms with E-state index in [2.05, 4.69) is 47.7 Å². The highest BCUT2D eigenvalue weighted by Gasteiger charge is 2.25. The third-order valence-corrected chi connectivity index (χ3v) is 5.79. The van der Waals surface area contributed by atoms with E-state index in [4.69, 9.17) is 9.26 Å². The molecule has 2 amide bonds. The number of rotatable bonds is 6. The van der Waals surface area contributed by atoms with E-state index in [1.165, 1.54) is 17.3 Å². The first-order valence-corrected chi connectivity index (χ1v) is 11.0. The summed E-state index contributed by atoms with van der Waals surface area (Å²) in [5.74, 6) is 1.76. The van der Waals surface area contributed by atoms with E-state index >= 15 is 0 Å². The molecule has 1 aliphatic rings. The van der Waals surface area contributed by atoms with Crippen LogP contribution in [0.2, 0.25) is 0 Å². The van der Waals surface area contributed by atoms with Crippen LogP contribution in [0, 0.1) is 12.8 Å². The molecule has 0 spiro atoms. The van der Waals surface area contributed by atoms with Crippen molar-refractivity contribution in [3.8, 4) is 5.75 Å². The highest BCUT2D eigenvalue weighted by atomic mass is 16.5. The first kappa shape index (κ1) is 21.7. The van der Waals surface area contributed by atoms with Crippen molar-refractivity contribution >= 4 is 17.8 Å². The van der Waals surface area contributed by atoms with Crippen molar-refractivity contribution in [1.29, 1.82) is 0 Å². The molecular formula is C26H29N3O3. The number of piperidine rings is 1. The SMILES string of the molecule is Cc1oncc1NC(=O)N1CCC(=Cc2cccc(OCCc3ccccc3)c2)C(C)C1. The number of nitrogens with zero attached hydrogens (tertiary/aromatic N) is 2. The van der Waals surface area contributed by atoms with Crippen molar-refractivity contribution in [1.82, 2.24) is 10.1 Å². The zero-order chi connectivity index (χ0) is 22.3. The maximum absolute atomic E-state index is 12.6. The Morgan fingerprint density at radius 2 is 2.09 bits per heavy atom. The standard InChI is InChI=1S/C26H29N3O3/c1-19-18-29(26(30)28-25-17-27-32-20(25)2)13-11-23(19)15-22-9-6-10-24(16-22)31-14-12-21-7-4-3-5-8-21/h3-10,15-17,19H,11-14,18H2,1-2H3,(H,28,30). The minimum absolute atomic E-state index is 0.115. The Kier molecular flexibility index (Phi) is 6.90. The average molecular weight is 432 g/mol. The van der Waals surface area contributed by atoms with Crippen molar-refractivity contribution in [2.45, 2.75) is 26.7 Å². The Morgan fingerprint density at radius 1 is 1.25 bits per heavy atom. The van der Waals surface area contributed by atoms with Gasteiger partial charge in [-0.25, -0.2) is 4.79 Å². The zero-order valence-electron chi connectivity index (χ0n) is 18.6. The maximum atomic E-state index is 12.6. The molecule has 4 rings (SSSR count). The van der Waals surface area contributed by atoms with E-state index in [0.29, 0.717) is 31.1 Å². The normalized spacial score (nSPS) is 17.4. The molecule has 1 N–H and O–H groups in total. The van der Waals surface area contributed by atoms with E-state index in [0.717, 1.165) is 24.2 Å². The number of hydrogen-bond acceptors (Lipinski definition) is 4. The minimum atomic E-state index is -0.115. The van der Waals surface area contributed by atoms with Gasteiger partial charge in [0.05, 0.1) is 12.8 Å². The number of anilines is 1. The van der Waals surface area contributed by atoms with Crippen LogP contribution in [0.15, 0.2) is 70.9 Å².